The molecule has 0 aromatic heterocycles. The number of benzene rings is 1. The number of nitrogens with one attached hydrogen (secondary N) is 1. The summed E-state index contributed by atoms with van der Waals surface area (Å²) in [6.45, 7) is 0.906. The Labute approximate surface area is 91.7 Å². The maximum Gasteiger partial charge on any atom is 0.416 e. The highest BCUT2D eigenvalue weighted by atomic mass is 19.4. The van der Waals surface area contributed by atoms with E-state index in [2.05, 4.69) is 5.32 Å². The third-order valence-corrected chi connectivity index (χ3v) is 3.83. The molecule has 4 rings (SSSR count). The molecule has 2 bridgehead atoms. The van der Waals surface area contributed by atoms with Gasteiger partial charge in [-0.3, -0.25) is 0 Å². The van der Waals surface area contributed by atoms with Crippen LogP contribution in [0.15, 0.2) is 24.3 Å². The van der Waals surface area contributed by atoms with Crippen molar-refractivity contribution in [2.45, 2.75) is 30.5 Å². The summed E-state index contributed by atoms with van der Waals surface area (Å²) in [6, 6.07) is 6.23. The normalized spacial score (nSPS) is 32.6. The second kappa shape index (κ2) is 3.00. The molecule has 1 N–H and O–H groups in total. The quantitative estimate of drug-likeness (QED) is 0.777. The molecule has 2 saturated heterocycles. The van der Waals surface area contributed by atoms with E-state index >= 15 is 0 Å². The van der Waals surface area contributed by atoms with Crippen LogP contribution < -0.4 is 5.32 Å². The Bertz CT molecular complexity index is 396. The lowest BCUT2D eigenvalue weighted by Gasteiger charge is -2.37. The Morgan fingerprint density at radius 2 is 1.75 bits per heavy atom. The lowest BCUT2D eigenvalue weighted by atomic mass is 9.66. The molecule has 3 fully saturated rings. The van der Waals surface area contributed by atoms with Gasteiger partial charge in [-0.2, -0.15) is 13.2 Å². The van der Waals surface area contributed by atoms with Crippen molar-refractivity contribution in [2.75, 3.05) is 6.54 Å². The van der Waals surface area contributed by atoms with Crippen LogP contribution >= 0.6 is 0 Å². The van der Waals surface area contributed by atoms with Crippen molar-refractivity contribution >= 4 is 0 Å². The van der Waals surface area contributed by atoms with Crippen LogP contribution in [0, 0.1) is 0 Å². The molecule has 0 unspecified atom stereocenters. The van der Waals surface area contributed by atoms with E-state index in [4.69, 9.17) is 0 Å². The van der Waals surface area contributed by atoms with Gasteiger partial charge in [0.2, 0.25) is 0 Å². The van der Waals surface area contributed by atoms with E-state index in [9.17, 15) is 13.2 Å². The van der Waals surface area contributed by atoms with Gasteiger partial charge in [0.05, 0.1) is 5.56 Å². The minimum absolute atomic E-state index is 0.120. The molecule has 2 aliphatic heterocycles. The summed E-state index contributed by atoms with van der Waals surface area (Å²) in [5.74, 6) is 0. The standard InChI is InChI=1S/C12H12F3N/c13-12(14,15)9-3-1-8(2-4-9)11-5-10(6-11)16-7-11/h1-4,10,16H,5-7H2. The average Bonchev–Trinajstić information content (AvgIpc) is 2.75. The largest absolute Gasteiger partial charge is 0.416 e. The van der Waals surface area contributed by atoms with Crippen LogP contribution in [0.4, 0.5) is 13.2 Å². The summed E-state index contributed by atoms with van der Waals surface area (Å²) < 4.78 is 37.2. The number of fused-ring (bicyclic) bond motifs is 1. The van der Waals surface area contributed by atoms with Gasteiger partial charge in [-0.25, -0.2) is 0 Å². The molecule has 0 atom stereocenters. The number of rotatable bonds is 1. The van der Waals surface area contributed by atoms with Gasteiger partial charge in [0.15, 0.2) is 0 Å². The Hall–Kier alpha value is -1.03. The molecule has 0 spiro atoms. The third kappa shape index (κ3) is 1.36. The first-order valence-electron chi connectivity index (χ1n) is 5.41. The number of halogens is 3. The van der Waals surface area contributed by atoms with Crippen molar-refractivity contribution in [3.05, 3.63) is 35.4 Å². The Morgan fingerprint density at radius 1 is 1.12 bits per heavy atom. The molecular weight excluding hydrogens is 215 g/mol. The van der Waals surface area contributed by atoms with Gasteiger partial charge >= 0.3 is 6.18 Å². The minimum Gasteiger partial charge on any atom is -0.313 e. The van der Waals surface area contributed by atoms with Gasteiger partial charge < -0.3 is 5.32 Å². The molecule has 1 saturated carbocycles. The summed E-state index contributed by atoms with van der Waals surface area (Å²) >= 11 is 0. The van der Waals surface area contributed by atoms with Crippen molar-refractivity contribution < 1.29 is 13.2 Å². The molecular formula is C12H12F3N. The molecule has 3 aliphatic rings. The fourth-order valence-electron chi connectivity index (χ4n) is 2.86. The Morgan fingerprint density at radius 3 is 2.19 bits per heavy atom. The van der Waals surface area contributed by atoms with Gasteiger partial charge in [0.25, 0.3) is 0 Å². The zero-order valence-corrected chi connectivity index (χ0v) is 8.64. The third-order valence-electron chi connectivity index (χ3n) is 3.83. The van der Waals surface area contributed by atoms with Gasteiger partial charge in [-0.15, -0.1) is 0 Å². The SMILES string of the molecule is FC(F)(F)c1ccc(C23CNC(C2)C3)cc1. The smallest absolute Gasteiger partial charge is 0.313 e. The van der Waals surface area contributed by atoms with Crippen molar-refractivity contribution in [2.24, 2.45) is 0 Å². The topological polar surface area (TPSA) is 12.0 Å². The van der Waals surface area contributed by atoms with Crippen LogP contribution in [0.2, 0.25) is 0 Å². The Kier molecular flexibility index (Phi) is 1.90. The molecule has 0 amide bonds. The van der Waals surface area contributed by atoms with E-state index in [-0.39, 0.29) is 5.41 Å². The predicted molar refractivity (Wildman–Crippen MR) is 54.1 cm³/mol. The molecule has 4 heteroatoms. The fourth-order valence-corrected chi connectivity index (χ4v) is 2.86. The summed E-state index contributed by atoms with van der Waals surface area (Å²) in [7, 11) is 0. The fraction of sp³-hybridized carbons (Fsp3) is 0.500. The van der Waals surface area contributed by atoms with E-state index < -0.39 is 11.7 Å². The Balaban J connectivity index is 1.88. The highest BCUT2D eigenvalue weighted by Gasteiger charge is 2.51. The average molecular weight is 227 g/mol. The zero-order chi connectivity index (χ0) is 11.4. The predicted octanol–water partition coefficient (Wildman–Crippen LogP) is 2.71. The second-order valence-corrected chi connectivity index (χ2v) is 4.84. The number of hydrogen-bond acceptors (Lipinski definition) is 1. The number of alkyl halides is 3. The van der Waals surface area contributed by atoms with Crippen molar-refractivity contribution in [3.8, 4) is 0 Å². The first kappa shape index (κ1) is 10.1. The molecule has 1 nitrogen and oxygen atoms in total. The second-order valence-electron chi connectivity index (χ2n) is 4.84. The van der Waals surface area contributed by atoms with Crippen molar-refractivity contribution in [3.63, 3.8) is 0 Å². The monoisotopic (exact) mass is 227 g/mol. The molecule has 16 heavy (non-hydrogen) atoms. The molecule has 86 valence electrons. The number of hydrogen-bond donors (Lipinski definition) is 1. The van der Waals surface area contributed by atoms with E-state index in [0.717, 1.165) is 24.9 Å². The highest BCUT2D eigenvalue weighted by Crippen LogP contribution is 2.48. The maximum absolute atomic E-state index is 12.4. The summed E-state index contributed by atoms with van der Waals surface area (Å²) in [5, 5.41) is 3.36. The van der Waals surface area contributed by atoms with Crippen molar-refractivity contribution in [1.29, 1.82) is 0 Å². The maximum atomic E-state index is 12.4. The van der Waals surface area contributed by atoms with E-state index in [1.165, 1.54) is 12.1 Å². The van der Waals surface area contributed by atoms with Gasteiger partial charge in [-0.05, 0) is 30.5 Å². The highest BCUT2D eigenvalue weighted by molar-refractivity contribution is 5.36. The molecule has 0 radical (unpaired) electrons. The summed E-state index contributed by atoms with van der Waals surface area (Å²) in [4.78, 5) is 0. The van der Waals surface area contributed by atoms with E-state index in [1.54, 1.807) is 12.1 Å². The summed E-state index contributed by atoms with van der Waals surface area (Å²) in [6.07, 6.45) is -2.09. The zero-order valence-electron chi connectivity index (χ0n) is 8.64. The minimum atomic E-state index is -4.23. The van der Waals surface area contributed by atoms with Crippen LogP contribution in [0.1, 0.15) is 24.0 Å². The summed E-state index contributed by atoms with van der Waals surface area (Å²) in [5.41, 5.74) is 0.602. The lowest BCUT2D eigenvalue weighted by Crippen LogP contribution is -2.37. The van der Waals surface area contributed by atoms with Crippen molar-refractivity contribution in [1.82, 2.24) is 5.32 Å². The van der Waals surface area contributed by atoms with Crippen LogP contribution in [-0.2, 0) is 11.6 Å². The first-order valence-corrected chi connectivity index (χ1v) is 5.41. The van der Waals surface area contributed by atoms with Gasteiger partial charge in [0, 0.05) is 18.0 Å². The van der Waals surface area contributed by atoms with Crippen LogP contribution in [-0.4, -0.2) is 12.6 Å². The van der Waals surface area contributed by atoms with E-state index in [0.29, 0.717) is 6.04 Å². The lowest BCUT2D eigenvalue weighted by molar-refractivity contribution is -0.137. The first-order chi connectivity index (χ1) is 7.50. The molecule has 2 heterocycles. The van der Waals surface area contributed by atoms with Crippen LogP contribution in [0.3, 0.4) is 0 Å². The molecule has 1 aromatic rings. The molecule has 1 aromatic carbocycles. The molecule has 1 aliphatic carbocycles. The van der Waals surface area contributed by atoms with E-state index in [1.807, 2.05) is 0 Å². The van der Waals surface area contributed by atoms with Gasteiger partial charge in [0.1, 0.15) is 0 Å². The van der Waals surface area contributed by atoms with Crippen LogP contribution in [0.5, 0.6) is 0 Å². The van der Waals surface area contributed by atoms with Crippen LogP contribution in [0.25, 0.3) is 0 Å². The van der Waals surface area contributed by atoms with Gasteiger partial charge in [-0.1, -0.05) is 12.1 Å².